The van der Waals surface area contributed by atoms with Crippen LogP contribution in [0.1, 0.15) is 4.79 Å². The lowest BCUT2D eigenvalue weighted by Gasteiger charge is -2.06. The van der Waals surface area contributed by atoms with Crippen LogP contribution in [0.5, 0.6) is 0 Å². The van der Waals surface area contributed by atoms with E-state index in [1.165, 1.54) is 0 Å². The third-order valence-corrected chi connectivity index (χ3v) is 3.44. The van der Waals surface area contributed by atoms with Crippen LogP contribution in [0.4, 0.5) is 13.2 Å². The standard InChI is InChI=1S/C5H4F3N3O2S.Al.2H/c1-10-4(14)9-3(13)11(10)2(12)5(6,7)8;;;/h1H3,(H,9,13,14);;;/q;+1;;/p-1. The molecule has 0 radical (unpaired) electrons. The number of aromatic nitrogens is 3. The highest BCUT2D eigenvalue weighted by molar-refractivity contribution is 7.71. The van der Waals surface area contributed by atoms with E-state index in [2.05, 4.69) is 12.2 Å². The van der Waals surface area contributed by atoms with Crippen LogP contribution in [0.3, 0.4) is 0 Å². The Morgan fingerprint density at radius 2 is 1.93 bits per heavy atom. The lowest BCUT2D eigenvalue weighted by Crippen LogP contribution is -2.40. The predicted molar refractivity (Wildman–Crippen MR) is 49.1 cm³/mol. The molecule has 15 heavy (non-hydrogen) atoms. The zero-order valence-corrected chi connectivity index (χ0v) is 10.5. The average Bonchev–Trinajstić information content (AvgIpc) is 2.29. The molecule has 0 saturated carbocycles. The van der Waals surface area contributed by atoms with Gasteiger partial charge in [-0.05, 0) is 12.2 Å². The molecule has 0 aliphatic rings. The van der Waals surface area contributed by atoms with Gasteiger partial charge in [0.25, 0.3) is 0 Å². The first-order valence-electron chi connectivity index (χ1n) is 3.64. The zero-order valence-electron chi connectivity index (χ0n) is 7.70. The van der Waals surface area contributed by atoms with Crippen LogP contribution in [0.2, 0.25) is 0 Å². The summed E-state index contributed by atoms with van der Waals surface area (Å²) in [7, 11) is 1.13. The topological polar surface area (TPSA) is 48.9 Å². The molecule has 1 rings (SSSR count). The quantitative estimate of drug-likeness (QED) is 0.456. The largest absolute Gasteiger partial charge is 0.473 e. The van der Waals surface area contributed by atoms with Gasteiger partial charge in [-0.3, -0.25) is 9.48 Å². The van der Waals surface area contributed by atoms with E-state index in [0.29, 0.717) is 4.68 Å². The number of hydrogen-bond acceptors (Lipinski definition) is 3. The fraction of sp³-hybridized carbons (Fsp3) is 0.400. The Morgan fingerprint density at radius 3 is 2.20 bits per heavy atom. The molecule has 0 fully saturated rings. The summed E-state index contributed by atoms with van der Waals surface area (Å²) in [5.41, 5.74) is -1.06. The van der Waals surface area contributed by atoms with Gasteiger partial charge in [0.05, 0.1) is 0 Å². The van der Waals surface area contributed by atoms with Crippen LogP contribution in [-0.4, -0.2) is 41.5 Å². The molecule has 1 aromatic rings. The third kappa shape index (κ3) is 1.92. The molecule has 1 heterocycles. The Hall–Kier alpha value is -0.848. The highest BCUT2D eigenvalue weighted by Crippen LogP contribution is 2.16. The Bertz CT molecular complexity index is 525. The second-order valence-electron chi connectivity index (χ2n) is 2.76. The first-order chi connectivity index (χ1) is 6.68. The van der Waals surface area contributed by atoms with Crippen molar-refractivity contribution in [1.82, 2.24) is 12.9 Å². The van der Waals surface area contributed by atoms with Gasteiger partial charge in [-0.15, -0.1) is 0 Å². The summed E-state index contributed by atoms with van der Waals surface area (Å²) in [6.45, 7) is 0. The van der Waals surface area contributed by atoms with Crippen molar-refractivity contribution < 1.29 is 18.0 Å². The number of halogens is 3. The Labute approximate surface area is 94.3 Å². The lowest BCUT2D eigenvalue weighted by molar-refractivity contribution is -0.0966. The minimum atomic E-state index is -5.09. The molecule has 0 bridgehead atoms. The van der Waals surface area contributed by atoms with Crippen molar-refractivity contribution in [3.8, 4) is 0 Å². The number of carbonyl (C=O) groups is 1. The van der Waals surface area contributed by atoms with Crippen LogP contribution in [0.15, 0.2) is 4.79 Å². The van der Waals surface area contributed by atoms with E-state index < -0.39 is 17.8 Å². The molecular formula is C5H5AlF3N3O2S. The first kappa shape index (κ1) is 12.2. The summed E-state index contributed by atoms with van der Waals surface area (Å²) in [5.74, 6) is -2.24. The van der Waals surface area contributed by atoms with Crippen molar-refractivity contribution in [2.45, 2.75) is 6.18 Å². The Balaban J connectivity index is 3.54. The highest BCUT2D eigenvalue weighted by atomic mass is 32.1. The van der Waals surface area contributed by atoms with Crippen LogP contribution < -0.4 is 5.69 Å². The molecule has 0 aliphatic carbocycles. The van der Waals surface area contributed by atoms with E-state index in [9.17, 15) is 22.8 Å². The van der Waals surface area contributed by atoms with Crippen molar-refractivity contribution in [2.24, 2.45) is 7.05 Å². The highest BCUT2D eigenvalue weighted by Gasteiger charge is 2.42. The molecule has 10 heteroatoms. The van der Waals surface area contributed by atoms with E-state index >= 15 is 0 Å². The average molecular weight is 255 g/mol. The maximum absolute atomic E-state index is 12.1. The Morgan fingerprint density at radius 1 is 1.47 bits per heavy atom. The summed E-state index contributed by atoms with van der Waals surface area (Å²) >= 11 is 4.78. The normalized spacial score (nSPS) is 11.7. The summed E-state index contributed by atoms with van der Waals surface area (Å²) < 4.78 is 37.7. The van der Waals surface area contributed by atoms with Gasteiger partial charge in [0.2, 0.25) is 0 Å². The number of nitrogens with zero attached hydrogens (tertiary/aromatic N) is 3. The van der Waals surface area contributed by atoms with Gasteiger partial charge in [0, 0.05) is 7.05 Å². The van der Waals surface area contributed by atoms with Crippen molar-refractivity contribution in [2.75, 3.05) is 0 Å². The lowest BCUT2D eigenvalue weighted by atomic mass is 10.6. The first-order valence-corrected chi connectivity index (χ1v) is 4.94. The molecule has 0 N–H and O–H groups in total. The fourth-order valence-corrected chi connectivity index (χ4v) is 1.64. The molecule has 0 unspecified atom stereocenters. The second kappa shape index (κ2) is 3.62. The van der Waals surface area contributed by atoms with Crippen molar-refractivity contribution in [3.05, 3.63) is 15.3 Å². The van der Waals surface area contributed by atoms with Gasteiger partial charge in [-0.2, -0.15) is 17.9 Å². The van der Waals surface area contributed by atoms with Crippen LogP contribution in [-0.2, 0) is 7.05 Å². The molecular weight excluding hydrogens is 250 g/mol. The summed E-state index contributed by atoms with van der Waals surface area (Å²) in [5, 5.41) is 0. The Kier molecular flexibility index (Phi) is 2.95. The van der Waals surface area contributed by atoms with E-state index in [1.807, 2.05) is 0 Å². The summed E-state index contributed by atoms with van der Waals surface area (Å²) in [6, 6.07) is 0. The fourth-order valence-electron chi connectivity index (χ4n) is 0.998. The molecule has 0 saturated heterocycles. The molecule has 0 aliphatic heterocycles. The number of carbonyl (C=O) groups excluding carboxylic acids is 1. The molecule has 0 atom stereocenters. The minimum Gasteiger partial charge on any atom is -0.371 e. The molecule has 0 aromatic carbocycles. The molecule has 0 amide bonds. The van der Waals surface area contributed by atoms with Crippen molar-refractivity contribution in [3.63, 3.8) is 0 Å². The third-order valence-electron chi connectivity index (χ3n) is 1.77. The van der Waals surface area contributed by atoms with Crippen molar-refractivity contribution >= 4 is 34.6 Å². The minimum absolute atomic E-state index is 0.0185. The van der Waals surface area contributed by atoms with Gasteiger partial charge in [-0.25, -0.2) is 4.79 Å². The van der Waals surface area contributed by atoms with Gasteiger partial charge in [0.1, 0.15) is 0 Å². The summed E-state index contributed by atoms with van der Waals surface area (Å²) in [4.78, 5) is 22.1. The van der Waals surface area contributed by atoms with Crippen molar-refractivity contribution in [1.29, 1.82) is 0 Å². The van der Waals surface area contributed by atoms with Gasteiger partial charge in [0.15, 0.2) is 4.77 Å². The smallest absolute Gasteiger partial charge is 0.371 e. The van der Waals surface area contributed by atoms with Gasteiger partial charge >= 0.3 is 34.3 Å². The van der Waals surface area contributed by atoms with E-state index in [0.717, 1.165) is 10.6 Å². The van der Waals surface area contributed by atoms with E-state index in [4.69, 9.17) is 0 Å². The molecule has 0 spiro atoms. The number of alkyl halides is 3. The number of rotatable bonds is 0. The van der Waals surface area contributed by atoms with Crippen LogP contribution >= 0.6 is 12.2 Å². The maximum atomic E-state index is 12.1. The predicted octanol–water partition coefficient (Wildman–Crippen LogP) is -0.684. The zero-order chi connectivity index (χ0) is 12.0. The molecule has 1 aromatic heterocycles. The maximum Gasteiger partial charge on any atom is 0.473 e. The van der Waals surface area contributed by atoms with Gasteiger partial charge in [-0.1, -0.05) is 0 Å². The van der Waals surface area contributed by atoms with E-state index in [-0.39, 0.29) is 26.0 Å². The van der Waals surface area contributed by atoms with Crippen LogP contribution in [0, 0.1) is 4.77 Å². The second-order valence-corrected chi connectivity index (χ2v) is 4.02. The van der Waals surface area contributed by atoms with Gasteiger partial charge < -0.3 is 3.55 Å². The summed E-state index contributed by atoms with van der Waals surface area (Å²) in [6.07, 6.45) is -5.09. The van der Waals surface area contributed by atoms with E-state index in [1.54, 1.807) is 0 Å². The van der Waals surface area contributed by atoms with Crippen LogP contribution in [0.25, 0.3) is 0 Å². The molecule has 5 nitrogen and oxygen atoms in total. The molecule has 82 valence electrons. The SMILES string of the molecule is Cn1c(=S)[n]([AlH2])c(=O)n1C(=O)C(F)(F)F. The monoisotopic (exact) mass is 255 g/mol. The number of hydrogen-bond donors (Lipinski definition) is 0.